The van der Waals surface area contributed by atoms with Gasteiger partial charge in [0.05, 0.1) is 4.34 Å². The number of aryl methyl sites for hydroxylation is 2. The van der Waals surface area contributed by atoms with Crippen molar-refractivity contribution in [2.24, 2.45) is 0 Å². The summed E-state index contributed by atoms with van der Waals surface area (Å²) in [7, 11) is 2.15. The fourth-order valence-corrected chi connectivity index (χ4v) is 4.17. The van der Waals surface area contributed by atoms with Crippen LogP contribution in [0.2, 0.25) is 4.34 Å². The molecule has 3 heterocycles. The molecule has 2 aromatic rings. The minimum Gasteiger partial charge on any atom is -0.301 e. The summed E-state index contributed by atoms with van der Waals surface area (Å²) in [4.78, 5) is 6.58. The van der Waals surface area contributed by atoms with Crippen molar-refractivity contribution in [2.75, 3.05) is 13.6 Å². The summed E-state index contributed by atoms with van der Waals surface area (Å²) in [6.45, 7) is 23.9. The quantitative estimate of drug-likeness (QED) is 0.425. The van der Waals surface area contributed by atoms with Crippen molar-refractivity contribution in [1.82, 2.24) is 4.90 Å². The highest BCUT2D eigenvalue weighted by Crippen LogP contribution is 2.30. The maximum atomic E-state index is 5.90. The van der Waals surface area contributed by atoms with Gasteiger partial charge >= 0.3 is 0 Å². The average molecular weight is 438 g/mol. The van der Waals surface area contributed by atoms with Gasteiger partial charge in [0.25, 0.3) is 0 Å². The molecule has 3 rings (SSSR count). The van der Waals surface area contributed by atoms with Gasteiger partial charge in [0.1, 0.15) is 0 Å². The average Bonchev–Trinajstić information content (AvgIpc) is 3.27. The molecule has 156 valence electrons. The first-order chi connectivity index (χ1) is 13.4. The van der Waals surface area contributed by atoms with Crippen LogP contribution in [0.5, 0.6) is 0 Å². The molecule has 4 heteroatoms. The number of rotatable bonds is 2. The molecule has 0 atom stereocenters. The molecule has 0 fully saturated rings. The van der Waals surface area contributed by atoms with Crippen LogP contribution >= 0.6 is 34.3 Å². The van der Waals surface area contributed by atoms with Crippen LogP contribution in [0.25, 0.3) is 0 Å². The van der Waals surface area contributed by atoms with Crippen LogP contribution < -0.4 is 0 Å². The molecule has 0 saturated heterocycles. The monoisotopic (exact) mass is 437 g/mol. The fraction of sp³-hybridized carbons (Fsp3) is 0.333. The zero-order chi connectivity index (χ0) is 21.9. The van der Waals surface area contributed by atoms with E-state index >= 15 is 0 Å². The SMILES string of the molecule is C=CC=C.C=CC=C.CC.CN1CCc2cc(Cl)sc2C1.Cc1ccc(C)s1. The number of thiophene rings is 2. The van der Waals surface area contributed by atoms with Crippen molar-refractivity contribution in [3.8, 4) is 0 Å². The molecule has 0 spiro atoms. The third-order valence-electron chi connectivity index (χ3n) is 3.25. The van der Waals surface area contributed by atoms with Crippen LogP contribution in [-0.4, -0.2) is 18.5 Å². The van der Waals surface area contributed by atoms with E-state index < -0.39 is 0 Å². The molecule has 0 aliphatic carbocycles. The molecule has 0 N–H and O–H groups in total. The first-order valence-corrected chi connectivity index (χ1v) is 11.3. The van der Waals surface area contributed by atoms with E-state index in [1.807, 2.05) is 25.2 Å². The number of halogens is 1. The van der Waals surface area contributed by atoms with Gasteiger partial charge in [-0.25, -0.2) is 0 Å². The van der Waals surface area contributed by atoms with Crippen LogP contribution in [-0.2, 0) is 13.0 Å². The van der Waals surface area contributed by atoms with Crippen LogP contribution in [0, 0.1) is 13.8 Å². The van der Waals surface area contributed by atoms with Gasteiger partial charge in [-0.3, -0.25) is 0 Å². The first-order valence-electron chi connectivity index (χ1n) is 9.33. The lowest BCUT2D eigenvalue weighted by atomic mass is 10.1. The summed E-state index contributed by atoms with van der Waals surface area (Å²) in [6, 6.07) is 6.38. The number of likely N-dealkylation sites (N-methyl/N-ethyl adjacent to an activating group) is 1. The molecule has 0 unspecified atom stereocenters. The molecule has 2 aromatic heterocycles. The Bertz CT molecular complexity index is 642. The number of fused-ring (bicyclic) bond motifs is 1. The molecule has 0 bridgehead atoms. The highest BCUT2D eigenvalue weighted by molar-refractivity contribution is 7.16. The fourth-order valence-electron chi connectivity index (χ4n) is 1.97. The van der Waals surface area contributed by atoms with Crippen molar-refractivity contribution in [2.45, 2.75) is 40.7 Å². The molecule has 28 heavy (non-hydrogen) atoms. The zero-order valence-corrected chi connectivity index (χ0v) is 20.5. The number of nitrogens with zero attached hydrogens (tertiary/aromatic N) is 1. The van der Waals surface area contributed by atoms with E-state index in [-0.39, 0.29) is 0 Å². The Hall–Kier alpha value is -1.39. The highest BCUT2D eigenvalue weighted by Gasteiger charge is 2.15. The molecule has 1 aliphatic heterocycles. The van der Waals surface area contributed by atoms with E-state index in [0.29, 0.717) is 0 Å². The predicted molar refractivity (Wildman–Crippen MR) is 135 cm³/mol. The third-order valence-corrected chi connectivity index (χ3v) is 5.46. The molecule has 1 nitrogen and oxygen atoms in total. The minimum atomic E-state index is 0.935. The maximum Gasteiger partial charge on any atom is 0.0934 e. The van der Waals surface area contributed by atoms with E-state index in [4.69, 9.17) is 11.6 Å². The Morgan fingerprint density at radius 2 is 1.39 bits per heavy atom. The van der Waals surface area contributed by atoms with Gasteiger partial charge in [-0.2, -0.15) is 0 Å². The van der Waals surface area contributed by atoms with Gasteiger partial charge in [-0.1, -0.05) is 76.1 Å². The molecular formula is C24H36ClNS2. The Morgan fingerprint density at radius 3 is 1.75 bits per heavy atom. The van der Waals surface area contributed by atoms with Crippen molar-refractivity contribution >= 4 is 34.3 Å². The van der Waals surface area contributed by atoms with Gasteiger partial charge in [0, 0.05) is 27.7 Å². The predicted octanol–water partition coefficient (Wildman–Crippen LogP) is 8.50. The summed E-state index contributed by atoms with van der Waals surface area (Å²) in [6.07, 6.45) is 7.72. The Balaban J connectivity index is 0. The summed E-state index contributed by atoms with van der Waals surface area (Å²) in [5.74, 6) is 0. The van der Waals surface area contributed by atoms with Crippen molar-refractivity contribution in [3.63, 3.8) is 0 Å². The van der Waals surface area contributed by atoms with Gasteiger partial charge in [-0.15, -0.1) is 22.7 Å². The van der Waals surface area contributed by atoms with Crippen LogP contribution in [0.4, 0.5) is 0 Å². The molecule has 0 radical (unpaired) electrons. The number of allylic oxidation sites excluding steroid dienone is 4. The Labute approximate surface area is 186 Å². The summed E-state index contributed by atoms with van der Waals surface area (Å²) < 4.78 is 0.935. The molecule has 0 aromatic carbocycles. The first kappa shape index (κ1) is 28.8. The molecule has 0 amide bonds. The second-order valence-corrected chi connectivity index (χ2v) is 8.85. The lowest BCUT2D eigenvalue weighted by molar-refractivity contribution is 0.317. The van der Waals surface area contributed by atoms with Crippen LogP contribution in [0.1, 0.15) is 34.0 Å². The summed E-state index contributed by atoms with van der Waals surface area (Å²) >= 11 is 9.46. The van der Waals surface area contributed by atoms with E-state index in [9.17, 15) is 0 Å². The molecular weight excluding hydrogens is 402 g/mol. The standard InChI is InChI=1S/C8H10ClNS.C6H8S.2C4H6.C2H6/c1-10-3-2-6-4-8(9)11-7(6)5-10;1-5-3-4-6(2)7-5;2*1-3-4-2;1-2/h4H,2-3,5H2,1H3;3-4H,1-2H3;2*3-4H,1-2H2;1-2H3. The largest absolute Gasteiger partial charge is 0.301 e. The third kappa shape index (κ3) is 14.6. The van der Waals surface area contributed by atoms with Gasteiger partial charge in [0.15, 0.2) is 0 Å². The minimum absolute atomic E-state index is 0.935. The van der Waals surface area contributed by atoms with Crippen LogP contribution in [0.15, 0.2) is 68.8 Å². The topological polar surface area (TPSA) is 3.24 Å². The van der Waals surface area contributed by atoms with E-state index in [1.54, 1.807) is 35.6 Å². The van der Waals surface area contributed by atoms with E-state index in [2.05, 4.69) is 70.3 Å². The zero-order valence-electron chi connectivity index (χ0n) is 18.1. The summed E-state index contributed by atoms with van der Waals surface area (Å²) in [5.41, 5.74) is 1.46. The van der Waals surface area contributed by atoms with Gasteiger partial charge < -0.3 is 4.90 Å². The van der Waals surface area contributed by atoms with Crippen LogP contribution in [0.3, 0.4) is 0 Å². The van der Waals surface area contributed by atoms with Gasteiger partial charge in [-0.05, 0) is 51.1 Å². The smallest absolute Gasteiger partial charge is 0.0934 e. The van der Waals surface area contributed by atoms with Crippen molar-refractivity contribution < 1.29 is 0 Å². The highest BCUT2D eigenvalue weighted by atomic mass is 35.5. The summed E-state index contributed by atoms with van der Waals surface area (Å²) in [5, 5.41) is 0. The van der Waals surface area contributed by atoms with E-state index in [1.165, 1.54) is 26.7 Å². The normalized spacial score (nSPS) is 11.2. The lowest BCUT2D eigenvalue weighted by Crippen LogP contribution is -2.24. The second-order valence-electron chi connectivity index (χ2n) is 5.59. The number of hydrogen-bond donors (Lipinski definition) is 0. The Morgan fingerprint density at radius 1 is 0.929 bits per heavy atom. The molecule has 0 saturated carbocycles. The number of hydrogen-bond acceptors (Lipinski definition) is 3. The Kier molecular flexibility index (Phi) is 19.5. The lowest BCUT2D eigenvalue weighted by Gasteiger charge is -2.21. The maximum absolute atomic E-state index is 5.90. The van der Waals surface area contributed by atoms with Gasteiger partial charge in [0.2, 0.25) is 0 Å². The van der Waals surface area contributed by atoms with Crippen molar-refractivity contribution in [1.29, 1.82) is 0 Å². The van der Waals surface area contributed by atoms with E-state index in [0.717, 1.165) is 17.3 Å². The second kappa shape index (κ2) is 18.9. The van der Waals surface area contributed by atoms with Crippen molar-refractivity contribution in [3.05, 3.63) is 93.4 Å². The molecule has 1 aliphatic rings.